The maximum atomic E-state index is 5.37. The van der Waals surface area contributed by atoms with Crippen molar-refractivity contribution in [3.8, 4) is 5.75 Å². The number of ether oxygens (including phenoxy) is 1. The number of hydrogen-bond acceptors (Lipinski definition) is 2. The van der Waals surface area contributed by atoms with Gasteiger partial charge in [-0.3, -0.25) is 0 Å². The van der Waals surface area contributed by atoms with Gasteiger partial charge < -0.3 is 10.1 Å². The zero-order valence-electron chi connectivity index (χ0n) is 12.3. The van der Waals surface area contributed by atoms with E-state index < -0.39 is 0 Å². The molecule has 2 aromatic carbocycles. The molecule has 0 fully saturated rings. The first-order valence-electron chi connectivity index (χ1n) is 7.19. The zero-order valence-corrected chi connectivity index (χ0v) is 12.3. The minimum atomic E-state index is 0.479. The van der Waals surface area contributed by atoms with Crippen molar-refractivity contribution in [1.82, 2.24) is 5.32 Å². The Labute approximate surface area is 121 Å². The van der Waals surface area contributed by atoms with Gasteiger partial charge in [0, 0.05) is 6.04 Å². The second-order valence-corrected chi connectivity index (χ2v) is 5.11. The number of nitrogens with one attached hydrogen (secondary N) is 1. The second-order valence-electron chi connectivity index (χ2n) is 5.11. The van der Waals surface area contributed by atoms with Crippen LogP contribution in [-0.4, -0.2) is 19.7 Å². The van der Waals surface area contributed by atoms with Crippen LogP contribution in [0, 0.1) is 0 Å². The smallest absolute Gasteiger partial charge is 0.122 e. The summed E-state index contributed by atoms with van der Waals surface area (Å²) < 4.78 is 5.37. The molecular formula is C18H23NO. The highest BCUT2D eigenvalue weighted by Crippen LogP contribution is 2.17. The lowest BCUT2D eigenvalue weighted by molar-refractivity contribution is 0.408. The van der Waals surface area contributed by atoms with Crippen LogP contribution in [0.5, 0.6) is 5.75 Å². The van der Waals surface area contributed by atoms with Crippen LogP contribution in [0.2, 0.25) is 0 Å². The largest absolute Gasteiger partial charge is 0.496 e. The van der Waals surface area contributed by atoms with Crippen molar-refractivity contribution in [2.24, 2.45) is 0 Å². The Bertz CT molecular complexity index is 510. The van der Waals surface area contributed by atoms with E-state index in [1.165, 1.54) is 11.1 Å². The molecule has 2 aromatic rings. The molecule has 0 spiro atoms. The first-order valence-corrected chi connectivity index (χ1v) is 7.19. The number of para-hydroxylation sites is 1. The number of hydrogen-bond donors (Lipinski definition) is 1. The van der Waals surface area contributed by atoms with Crippen molar-refractivity contribution in [1.29, 1.82) is 0 Å². The van der Waals surface area contributed by atoms with E-state index in [2.05, 4.69) is 54.7 Å². The Hall–Kier alpha value is -1.80. The highest BCUT2D eigenvalue weighted by molar-refractivity contribution is 5.33. The Morgan fingerprint density at radius 1 is 1.00 bits per heavy atom. The van der Waals surface area contributed by atoms with E-state index in [0.717, 1.165) is 25.1 Å². The maximum absolute atomic E-state index is 5.37. The lowest BCUT2D eigenvalue weighted by Crippen LogP contribution is -2.30. The second kappa shape index (κ2) is 7.71. The predicted octanol–water partition coefficient (Wildman–Crippen LogP) is 3.46. The Morgan fingerprint density at radius 2 is 1.70 bits per heavy atom. The van der Waals surface area contributed by atoms with E-state index in [1.54, 1.807) is 7.11 Å². The van der Waals surface area contributed by atoms with E-state index in [9.17, 15) is 0 Å². The molecule has 0 aliphatic rings. The van der Waals surface area contributed by atoms with Crippen LogP contribution >= 0.6 is 0 Å². The quantitative estimate of drug-likeness (QED) is 0.831. The molecular weight excluding hydrogens is 246 g/mol. The van der Waals surface area contributed by atoms with Crippen molar-refractivity contribution in [2.75, 3.05) is 13.7 Å². The van der Waals surface area contributed by atoms with E-state index >= 15 is 0 Å². The lowest BCUT2D eigenvalue weighted by Gasteiger charge is -2.14. The van der Waals surface area contributed by atoms with Gasteiger partial charge in [0.25, 0.3) is 0 Å². The molecule has 2 rings (SSSR count). The van der Waals surface area contributed by atoms with Gasteiger partial charge in [-0.25, -0.2) is 0 Å². The molecule has 0 bridgehead atoms. The van der Waals surface area contributed by atoms with E-state index in [1.807, 2.05) is 12.1 Å². The number of methoxy groups -OCH3 is 1. The summed E-state index contributed by atoms with van der Waals surface area (Å²) >= 11 is 0. The van der Waals surface area contributed by atoms with Gasteiger partial charge in [-0.1, -0.05) is 48.5 Å². The minimum absolute atomic E-state index is 0.479. The molecule has 20 heavy (non-hydrogen) atoms. The third-order valence-electron chi connectivity index (χ3n) is 3.46. The van der Waals surface area contributed by atoms with Crippen molar-refractivity contribution in [3.05, 3.63) is 65.7 Å². The standard InChI is InChI=1S/C18H23NO/c1-15(14-16-8-4-3-5-9-16)19-13-12-17-10-6-7-11-18(17)20-2/h3-11,15,19H,12-14H2,1-2H3. The van der Waals surface area contributed by atoms with Gasteiger partial charge in [-0.2, -0.15) is 0 Å². The molecule has 106 valence electrons. The molecule has 2 nitrogen and oxygen atoms in total. The fourth-order valence-corrected chi connectivity index (χ4v) is 2.40. The molecule has 0 aliphatic heterocycles. The predicted molar refractivity (Wildman–Crippen MR) is 84.3 cm³/mol. The number of rotatable bonds is 7. The molecule has 1 atom stereocenters. The van der Waals surface area contributed by atoms with Gasteiger partial charge in [-0.15, -0.1) is 0 Å². The van der Waals surface area contributed by atoms with Gasteiger partial charge >= 0.3 is 0 Å². The van der Waals surface area contributed by atoms with Gasteiger partial charge in [0.2, 0.25) is 0 Å². The maximum Gasteiger partial charge on any atom is 0.122 e. The average Bonchev–Trinajstić information content (AvgIpc) is 2.49. The normalized spacial score (nSPS) is 12.1. The van der Waals surface area contributed by atoms with Gasteiger partial charge in [0.1, 0.15) is 5.75 Å². The average molecular weight is 269 g/mol. The van der Waals surface area contributed by atoms with Crippen LogP contribution in [0.4, 0.5) is 0 Å². The molecule has 0 saturated carbocycles. The zero-order chi connectivity index (χ0) is 14.2. The van der Waals surface area contributed by atoms with E-state index in [0.29, 0.717) is 6.04 Å². The van der Waals surface area contributed by atoms with Crippen molar-refractivity contribution < 1.29 is 4.74 Å². The van der Waals surface area contributed by atoms with Gasteiger partial charge in [0.15, 0.2) is 0 Å². The van der Waals surface area contributed by atoms with Crippen LogP contribution in [0.3, 0.4) is 0 Å². The monoisotopic (exact) mass is 269 g/mol. The molecule has 0 aromatic heterocycles. The third-order valence-corrected chi connectivity index (χ3v) is 3.46. The van der Waals surface area contributed by atoms with E-state index in [4.69, 9.17) is 4.74 Å². The summed E-state index contributed by atoms with van der Waals surface area (Å²) in [6.07, 6.45) is 2.05. The van der Waals surface area contributed by atoms with Crippen molar-refractivity contribution >= 4 is 0 Å². The molecule has 2 heteroatoms. The summed E-state index contributed by atoms with van der Waals surface area (Å²) in [5.74, 6) is 0.977. The summed E-state index contributed by atoms with van der Waals surface area (Å²) in [7, 11) is 1.73. The van der Waals surface area contributed by atoms with Crippen LogP contribution in [0.15, 0.2) is 54.6 Å². The lowest BCUT2D eigenvalue weighted by atomic mass is 10.1. The van der Waals surface area contributed by atoms with Crippen LogP contribution in [-0.2, 0) is 12.8 Å². The molecule has 0 aliphatic carbocycles. The first kappa shape index (κ1) is 14.6. The molecule has 0 amide bonds. The van der Waals surface area contributed by atoms with Crippen LogP contribution in [0.1, 0.15) is 18.1 Å². The highest BCUT2D eigenvalue weighted by Gasteiger charge is 2.04. The fraction of sp³-hybridized carbons (Fsp3) is 0.333. The number of benzene rings is 2. The molecule has 0 radical (unpaired) electrons. The Kier molecular flexibility index (Phi) is 5.63. The molecule has 1 unspecified atom stereocenters. The van der Waals surface area contributed by atoms with Gasteiger partial charge in [0.05, 0.1) is 7.11 Å². The SMILES string of the molecule is COc1ccccc1CCNC(C)Cc1ccccc1. The first-order chi connectivity index (χ1) is 9.79. The van der Waals surface area contributed by atoms with Gasteiger partial charge in [-0.05, 0) is 43.5 Å². The topological polar surface area (TPSA) is 21.3 Å². The van der Waals surface area contributed by atoms with Crippen LogP contribution < -0.4 is 10.1 Å². The third kappa shape index (κ3) is 4.39. The molecule has 0 saturated heterocycles. The molecule has 1 N–H and O–H groups in total. The van der Waals surface area contributed by atoms with Crippen molar-refractivity contribution in [2.45, 2.75) is 25.8 Å². The summed E-state index contributed by atoms with van der Waals surface area (Å²) in [6.45, 7) is 3.20. The molecule has 0 heterocycles. The summed E-state index contributed by atoms with van der Waals surface area (Å²) in [5.41, 5.74) is 2.64. The summed E-state index contributed by atoms with van der Waals surface area (Å²) in [4.78, 5) is 0. The van der Waals surface area contributed by atoms with Crippen LogP contribution in [0.25, 0.3) is 0 Å². The summed E-state index contributed by atoms with van der Waals surface area (Å²) in [5, 5.41) is 3.58. The van der Waals surface area contributed by atoms with Crippen molar-refractivity contribution in [3.63, 3.8) is 0 Å². The minimum Gasteiger partial charge on any atom is -0.496 e. The fourth-order valence-electron chi connectivity index (χ4n) is 2.40. The Balaban J connectivity index is 1.78. The Morgan fingerprint density at radius 3 is 2.45 bits per heavy atom. The summed E-state index contributed by atoms with van der Waals surface area (Å²) in [6, 6.07) is 19.3. The van der Waals surface area contributed by atoms with E-state index in [-0.39, 0.29) is 0 Å². The highest BCUT2D eigenvalue weighted by atomic mass is 16.5.